The van der Waals surface area contributed by atoms with Gasteiger partial charge >= 0.3 is 6.18 Å². The fraction of sp³-hybridized carbons (Fsp3) is 0.923. The summed E-state index contributed by atoms with van der Waals surface area (Å²) in [5.41, 5.74) is -2.25. The molecule has 1 saturated carbocycles. The van der Waals surface area contributed by atoms with Crippen LogP contribution in [0.2, 0.25) is 0 Å². The number of likely N-dealkylation sites (N-methyl/N-ethyl adjacent to an activating group) is 1. The van der Waals surface area contributed by atoms with Gasteiger partial charge in [0.25, 0.3) is 0 Å². The molecule has 0 radical (unpaired) electrons. The van der Waals surface area contributed by atoms with E-state index in [9.17, 15) is 18.0 Å². The fourth-order valence-electron chi connectivity index (χ4n) is 2.78. The average Bonchev–Trinajstić information content (AvgIpc) is 3.07. The topological polar surface area (TPSA) is 44.4 Å². The third-order valence-corrected chi connectivity index (χ3v) is 4.29. The Bertz CT molecular complexity index is 349. The van der Waals surface area contributed by atoms with Crippen molar-refractivity contribution in [1.29, 1.82) is 0 Å². The first-order valence-electron chi connectivity index (χ1n) is 7.20. The van der Waals surface area contributed by atoms with Crippen LogP contribution in [0.5, 0.6) is 0 Å². The zero-order valence-electron chi connectivity index (χ0n) is 11.7. The Hall–Kier alpha value is -0.820. The van der Waals surface area contributed by atoms with Gasteiger partial charge in [-0.25, -0.2) is 0 Å². The molecule has 1 atom stereocenters. The molecule has 0 aromatic heterocycles. The SMILES string of the molecule is CCN(CCNC(=O)C1(C(F)(F)F)CCNC1)C1CC1. The predicted octanol–water partition coefficient (Wildman–Crippen LogP) is 1.13. The van der Waals surface area contributed by atoms with Crippen LogP contribution >= 0.6 is 0 Å². The molecule has 0 aromatic carbocycles. The van der Waals surface area contributed by atoms with E-state index in [0.717, 1.165) is 19.4 Å². The van der Waals surface area contributed by atoms with Crippen LogP contribution in [0.4, 0.5) is 13.2 Å². The molecule has 1 amide bonds. The van der Waals surface area contributed by atoms with E-state index in [-0.39, 0.29) is 26.1 Å². The maximum Gasteiger partial charge on any atom is 0.404 e. The first kappa shape index (κ1) is 15.6. The Kier molecular flexibility index (Phi) is 4.59. The zero-order chi connectivity index (χ0) is 14.8. The number of carbonyl (C=O) groups is 1. The van der Waals surface area contributed by atoms with Crippen molar-refractivity contribution in [2.24, 2.45) is 5.41 Å². The van der Waals surface area contributed by atoms with Crippen molar-refractivity contribution in [3.63, 3.8) is 0 Å². The first-order chi connectivity index (χ1) is 9.40. The van der Waals surface area contributed by atoms with E-state index in [1.54, 1.807) is 0 Å². The molecule has 1 aliphatic carbocycles. The molecule has 20 heavy (non-hydrogen) atoms. The van der Waals surface area contributed by atoms with E-state index in [1.807, 2.05) is 6.92 Å². The van der Waals surface area contributed by atoms with E-state index < -0.39 is 17.5 Å². The van der Waals surface area contributed by atoms with Crippen molar-refractivity contribution < 1.29 is 18.0 Å². The van der Waals surface area contributed by atoms with Crippen LogP contribution < -0.4 is 10.6 Å². The quantitative estimate of drug-likeness (QED) is 0.771. The minimum absolute atomic E-state index is 0.178. The van der Waals surface area contributed by atoms with Gasteiger partial charge in [0.1, 0.15) is 0 Å². The summed E-state index contributed by atoms with van der Waals surface area (Å²) in [6.45, 7) is 3.71. The van der Waals surface area contributed by atoms with Gasteiger partial charge in [0.15, 0.2) is 5.41 Å². The van der Waals surface area contributed by atoms with Crippen LogP contribution in [0, 0.1) is 5.41 Å². The lowest BCUT2D eigenvalue weighted by molar-refractivity contribution is -0.216. The third-order valence-electron chi connectivity index (χ3n) is 4.29. The van der Waals surface area contributed by atoms with Crippen LogP contribution in [-0.2, 0) is 4.79 Å². The van der Waals surface area contributed by atoms with Gasteiger partial charge in [0.2, 0.25) is 5.91 Å². The Labute approximate surface area is 117 Å². The summed E-state index contributed by atoms with van der Waals surface area (Å²) in [5.74, 6) is -0.887. The number of rotatable bonds is 6. The number of alkyl halides is 3. The Morgan fingerprint density at radius 1 is 1.45 bits per heavy atom. The lowest BCUT2D eigenvalue weighted by atomic mass is 9.85. The van der Waals surface area contributed by atoms with Gasteiger partial charge < -0.3 is 10.6 Å². The third kappa shape index (κ3) is 3.09. The van der Waals surface area contributed by atoms with E-state index in [2.05, 4.69) is 15.5 Å². The summed E-state index contributed by atoms with van der Waals surface area (Å²) in [5, 5.41) is 5.13. The average molecular weight is 293 g/mol. The number of halogens is 3. The maximum absolute atomic E-state index is 13.1. The van der Waals surface area contributed by atoms with Crippen molar-refractivity contribution in [3.05, 3.63) is 0 Å². The molecule has 4 nitrogen and oxygen atoms in total. The summed E-state index contributed by atoms with van der Waals surface area (Å²) < 4.78 is 39.4. The molecule has 0 bridgehead atoms. The largest absolute Gasteiger partial charge is 0.404 e. The maximum atomic E-state index is 13.1. The zero-order valence-corrected chi connectivity index (χ0v) is 11.7. The molecule has 0 spiro atoms. The lowest BCUT2D eigenvalue weighted by Gasteiger charge is -2.30. The normalized spacial score (nSPS) is 27.1. The second kappa shape index (κ2) is 5.89. The number of amides is 1. The molecule has 116 valence electrons. The summed E-state index contributed by atoms with van der Waals surface area (Å²) >= 11 is 0. The molecular formula is C13H22F3N3O. The van der Waals surface area contributed by atoms with Crippen LogP contribution in [0.1, 0.15) is 26.2 Å². The highest BCUT2D eigenvalue weighted by Gasteiger charge is 2.61. The smallest absolute Gasteiger partial charge is 0.354 e. The number of carbonyl (C=O) groups excluding carboxylic acids is 1. The standard InChI is InChI=1S/C13H22F3N3O/c1-2-19(10-3-4-10)8-7-18-11(20)12(13(14,15)16)5-6-17-9-12/h10,17H,2-9H2,1H3,(H,18,20). The number of hydrogen-bond donors (Lipinski definition) is 2. The molecule has 2 aliphatic rings. The minimum atomic E-state index is -4.50. The van der Waals surface area contributed by atoms with Crippen molar-refractivity contribution in [3.8, 4) is 0 Å². The van der Waals surface area contributed by atoms with Gasteiger partial charge in [-0.1, -0.05) is 6.92 Å². The summed E-state index contributed by atoms with van der Waals surface area (Å²) in [6.07, 6.45) is -2.37. The van der Waals surface area contributed by atoms with Crippen LogP contribution in [0.3, 0.4) is 0 Å². The lowest BCUT2D eigenvalue weighted by Crippen LogP contribution is -2.53. The highest BCUT2D eigenvalue weighted by Crippen LogP contribution is 2.43. The van der Waals surface area contributed by atoms with E-state index >= 15 is 0 Å². The predicted molar refractivity (Wildman–Crippen MR) is 69.3 cm³/mol. The molecule has 0 aromatic rings. The van der Waals surface area contributed by atoms with E-state index in [4.69, 9.17) is 0 Å². The summed E-state index contributed by atoms with van der Waals surface area (Å²) in [6, 6.07) is 0.557. The summed E-state index contributed by atoms with van der Waals surface area (Å²) in [4.78, 5) is 14.2. The number of hydrogen-bond acceptors (Lipinski definition) is 3. The molecular weight excluding hydrogens is 271 g/mol. The second-order valence-electron chi connectivity index (χ2n) is 5.62. The molecule has 2 N–H and O–H groups in total. The van der Waals surface area contributed by atoms with Crippen LogP contribution in [0.25, 0.3) is 0 Å². The van der Waals surface area contributed by atoms with Gasteiger partial charge in [-0.15, -0.1) is 0 Å². The Morgan fingerprint density at radius 3 is 2.60 bits per heavy atom. The molecule has 1 saturated heterocycles. The Balaban J connectivity index is 1.86. The molecule has 7 heteroatoms. The van der Waals surface area contributed by atoms with Crippen LogP contribution in [0.15, 0.2) is 0 Å². The van der Waals surface area contributed by atoms with Gasteiger partial charge in [0, 0.05) is 25.7 Å². The van der Waals surface area contributed by atoms with Gasteiger partial charge in [-0.2, -0.15) is 13.2 Å². The highest BCUT2D eigenvalue weighted by molar-refractivity contribution is 5.84. The van der Waals surface area contributed by atoms with Gasteiger partial charge in [0.05, 0.1) is 0 Å². The Morgan fingerprint density at radius 2 is 2.15 bits per heavy atom. The van der Waals surface area contributed by atoms with Crippen molar-refractivity contribution >= 4 is 5.91 Å². The molecule has 1 aliphatic heterocycles. The van der Waals surface area contributed by atoms with Gasteiger partial charge in [-0.05, 0) is 32.4 Å². The molecule has 1 unspecified atom stereocenters. The first-order valence-corrected chi connectivity index (χ1v) is 7.20. The van der Waals surface area contributed by atoms with Crippen molar-refractivity contribution in [1.82, 2.24) is 15.5 Å². The van der Waals surface area contributed by atoms with Gasteiger partial charge in [-0.3, -0.25) is 9.69 Å². The van der Waals surface area contributed by atoms with E-state index in [1.165, 1.54) is 0 Å². The molecule has 1 heterocycles. The summed E-state index contributed by atoms with van der Waals surface area (Å²) in [7, 11) is 0. The number of nitrogens with one attached hydrogen (secondary N) is 2. The number of nitrogens with zero attached hydrogens (tertiary/aromatic N) is 1. The fourth-order valence-corrected chi connectivity index (χ4v) is 2.78. The molecule has 2 rings (SSSR count). The monoisotopic (exact) mass is 293 g/mol. The highest BCUT2D eigenvalue weighted by atomic mass is 19.4. The van der Waals surface area contributed by atoms with Crippen molar-refractivity contribution in [2.45, 2.75) is 38.4 Å². The van der Waals surface area contributed by atoms with Crippen LogP contribution in [-0.4, -0.2) is 55.7 Å². The molecule has 2 fully saturated rings. The van der Waals surface area contributed by atoms with E-state index in [0.29, 0.717) is 12.6 Å². The minimum Gasteiger partial charge on any atom is -0.354 e. The van der Waals surface area contributed by atoms with Crippen molar-refractivity contribution in [2.75, 3.05) is 32.7 Å². The second-order valence-corrected chi connectivity index (χ2v) is 5.62.